The number of carbonyl (C=O) groups is 1. The average molecular weight is 275 g/mol. The van der Waals surface area contributed by atoms with Gasteiger partial charge in [-0.2, -0.15) is 0 Å². The monoisotopic (exact) mass is 275 g/mol. The number of allylic oxidation sites excluding steroid dienone is 1. The van der Waals surface area contributed by atoms with Gasteiger partial charge < -0.3 is 10.8 Å². The molecule has 0 fully saturated rings. The third kappa shape index (κ3) is 7.74. The van der Waals surface area contributed by atoms with Crippen LogP contribution in [0.5, 0.6) is 0 Å². The maximum Gasteiger partial charge on any atom is 0.303 e. The third-order valence-corrected chi connectivity index (χ3v) is 3.22. The number of benzene rings is 1. The van der Waals surface area contributed by atoms with Gasteiger partial charge >= 0.3 is 5.97 Å². The van der Waals surface area contributed by atoms with Gasteiger partial charge in [0.15, 0.2) is 0 Å². The molecule has 3 heteroatoms. The lowest BCUT2D eigenvalue weighted by molar-refractivity contribution is -0.137. The summed E-state index contributed by atoms with van der Waals surface area (Å²) in [7, 11) is 0. The quantitative estimate of drug-likeness (QED) is 0.641. The summed E-state index contributed by atoms with van der Waals surface area (Å²) in [6, 6.07) is 8.48. The SMILES string of the molecule is NCCCC/C=C/c1ccc(CCCCC(=O)O)cc1. The fraction of sp³-hybridized carbons (Fsp3) is 0.471. The number of aliphatic carboxylic acids is 1. The number of hydrogen-bond acceptors (Lipinski definition) is 2. The van der Waals surface area contributed by atoms with Crippen LogP contribution in [0.25, 0.3) is 6.08 Å². The molecule has 0 heterocycles. The lowest BCUT2D eigenvalue weighted by Crippen LogP contribution is -1.96. The maximum absolute atomic E-state index is 10.4. The van der Waals surface area contributed by atoms with Crippen molar-refractivity contribution >= 4 is 12.0 Å². The van der Waals surface area contributed by atoms with Crippen LogP contribution < -0.4 is 5.73 Å². The zero-order chi connectivity index (χ0) is 14.6. The highest BCUT2D eigenvalue weighted by molar-refractivity contribution is 5.66. The van der Waals surface area contributed by atoms with E-state index in [1.165, 1.54) is 11.1 Å². The Labute approximate surface area is 121 Å². The smallest absolute Gasteiger partial charge is 0.303 e. The van der Waals surface area contributed by atoms with E-state index in [0.717, 1.165) is 45.1 Å². The Morgan fingerprint density at radius 2 is 1.85 bits per heavy atom. The van der Waals surface area contributed by atoms with Crippen LogP contribution in [0.15, 0.2) is 30.3 Å². The minimum Gasteiger partial charge on any atom is -0.481 e. The van der Waals surface area contributed by atoms with Crippen molar-refractivity contribution < 1.29 is 9.90 Å². The molecule has 0 saturated carbocycles. The van der Waals surface area contributed by atoms with E-state index in [1.807, 2.05) is 0 Å². The number of nitrogens with two attached hydrogens (primary N) is 1. The summed E-state index contributed by atoms with van der Waals surface area (Å²) in [4.78, 5) is 10.4. The van der Waals surface area contributed by atoms with Crippen LogP contribution in [0.1, 0.15) is 49.7 Å². The summed E-state index contributed by atoms with van der Waals surface area (Å²) in [5.74, 6) is -0.708. The first-order valence-electron chi connectivity index (χ1n) is 7.39. The Balaban J connectivity index is 2.27. The standard InChI is InChI=1S/C17H25NO2/c18-14-6-2-1-3-7-15-10-12-16(13-11-15)8-4-5-9-17(19)20/h3,7,10-13H,1-2,4-6,8-9,14,18H2,(H,19,20)/b7-3+. The largest absolute Gasteiger partial charge is 0.481 e. The molecule has 110 valence electrons. The highest BCUT2D eigenvalue weighted by Gasteiger charge is 1.98. The van der Waals surface area contributed by atoms with Crippen molar-refractivity contribution in [2.75, 3.05) is 6.54 Å². The van der Waals surface area contributed by atoms with Crippen molar-refractivity contribution in [1.82, 2.24) is 0 Å². The first kappa shape index (κ1) is 16.4. The molecule has 1 rings (SSSR count). The molecule has 0 aliphatic carbocycles. The molecule has 0 aromatic heterocycles. The maximum atomic E-state index is 10.4. The first-order valence-corrected chi connectivity index (χ1v) is 7.39. The molecule has 0 bridgehead atoms. The predicted octanol–water partition coefficient (Wildman–Crippen LogP) is 3.63. The van der Waals surface area contributed by atoms with E-state index in [0.29, 0.717) is 0 Å². The van der Waals surface area contributed by atoms with Crippen LogP contribution in [-0.4, -0.2) is 17.6 Å². The summed E-state index contributed by atoms with van der Waals surface area (Å²) in [5.41, 5.74) is 7.94. The molecule has 0 amide bonds. The van der Waals surface area contributed by atoms with E-state index in [4.69, 9.17) is 10.8 Å². The molecule has 1 aromatic rings. The minimum atomic E-state index is -0.708. The second kappa shape index (κ2) is 10.2. The Morgan fingerprint density at radius 3 is 2.50 bits per heavy atom. The highest BCUT2D eigenvalue weighted by Crippen LogP contribution is 2.11. The average Bonchev–Trinajstić information content (AvgIpc) is 2.44. The summed E-state index contributed by atoms with van der Waals surface area (Å²) >= 11 is 0. The van der Waals surface area contributed by atoms with Gasteiger partial charge in [0.1, 0.15) is 0 Å². The van der Waals surface area contributed by atoms with Crippen molar-refractivity contribution in [3.8, 4) is 0 Å². The van der Waals surface area contributed by atoms with E-state index in [1.54, 1.807) is 0 Å². The summed E-state index contributed by atoms with van der Waals surface area (Å²) < 4.78 is 0. The molecular formula is C17H25NO2. The fourth-order valence-electron chi connectivity index (χ4n) is 2.03. The Hall–Kier alpha value is -1.61. The van der Waals surface area contributed by atoms with Crippen molar-refractivity contribution in [2.45, 2.75) is 44.9 Å². The van der Waals surface area contributed by atoms with Gasteiger partial charge in [-0.1, -0.05) is 36.4 Å². The zero-order valence-corrected chi connectivity index (χ0v) is 12.1. The topological polar surface area (TPSA) is 63.3 Å². The van der Waals surface area contributed by atoms with E-state index in [9.17, 15) is 4.79 Å². The molecule has 3 nitrogen and oxygen atoms in total. The lowest BCUT2D eigenvalue weighted by Gasteiger charge is -2.01. The molecule has 1 aromatic carbocycles. The van der Waals surface area contributed by atoms with E-state index in [2.05, 4.69) is 36.4 Å². The molecule has 3 N–H and O–H groups in total. The summed E-state index contributed by atoms with van der Waals surface area (Å²) in [6.07, 6.45) is 10.5. The molecular weight excluding hydrogens is 250 g/mol. The van der Waals surface area contributed by atoms with E-state index < -0.39 is 5.97 Å². The molecule has 0 spiro atoms. The lowest BCUT2D eigenvalue weighted by atomic mass is 10.0. The van der Waals surface area contributed by atoms with Crippen LogP contribution in [0.3, 0.4) is 0 Å². The number of carboxylic acid groups (broad SMARTS) is 1. The molecule has 20 heavy (non-hydrogen) atoms. The number of unbranched alkanes of at least 4 members (excludes halogenated alkanes) is 3. The number of hydrogen-bond donors (Lipinski definition) is 2. The van der Waals surface area contributed by atoms with Crippen LogP contribution in [-0.2, 0) is 11.2 Å². The van der Waals surface area contributed by atoms with Gasteiger partial charge in [-0.25, -0.2) is 0 Å². The zero-order valence-electron chi connectivity index (χ0n) is 12.1. The van der Waals surface area contributed by atoms with Crippen LogP contribution in [0.2, 0.25) is 0 Å². The second-order valence-electron chi connectivity index (χ2n) is 5.03. The van der Waals surface area contributed by atoms with Gasteiger partial charge in [0.25, 0.3) is 0 Å². The van der Waals surface area contributed by atoms with Crippen molar-refractivity contribution in [1.29, 1.82) is 0 Å². The summed E-state index contributed by atoms with van der Waals surface area (Å²) in [5, 5.41) is 8.57. The minimum absolute atomic E-state index is 0.267. The second-order valence-corrected chi connectivity index (χ2v) is 5.03. The number of aryl methyl sites for hydroxylation is 1. The first-order chi connectivity index (χ1) is 9.72. The van der Waals surface area contributed by atoms with E-state index >= 15 is 0 Å². The Kier molecular flexibility index (Phi) is 8.40. The molecule has 0 aliphatic rings. The predicted molar refractivity (Wildman–Crippen MR) is 83.6 cm³/mol. The molecule has 0 unspecified atom stereocenters. The van der Waals surface area contributed by atoms with Crippen molar-refractivity contribution in [3.63, 3.8) is 0 Å². The van der Waals surface area contributed by atoms with Crippen molar-refractivity contribution in [2.24, 2.45) is 5.73 Å². The highest BCUT2D eigenvalue weighted by atomic mass is 16.4. The molecule has 0 radical (unpaired) electrons. The van der Waals surface area contributed by atoms with Crippen LogP contribution in [0.4, 0.5) is 0 Å². The van der Waals surface area contributed by atoms with Gasteiger partial charge in [-0.15, -0.1) is 0 Å². The Bertz CT molecular complexity index is 410. The van der Waals surface area contributed by atoms with Gasteiger partial charge in [-0.3, -0.25) is 4.79 Å². The third-order valence-electron chi connectivity index (χ3n) is 3.22. The number of carboxylic acids is 1. The molecule has 0 aliphatic heterocycles. The Morgan fingerprint density at radius 1 is 1.10 bits per heavy atom. The van der Waals surface area contributed by atoms with E-state index in [-0.39, 0.29) is 6.42 Å². The normalized spacial score (nSPS) is 11.1. The van der Waals surface area contributed by atoms with Gasteiger partial charge in [-0.05, 0) is 56.2 Å². The molecule has 0 saturated heterocycles. The summed E-state index contributed by atoms with van der Waals surface area (Å²) in [6.45, 7) is 0.768. The van der Waals surface area contributed by atoms with Gasteiger partial charge in [0, 0.05) is 6.42 Å². The van der Waals surface area contributed by atoms with Crippen LogP contribution in [0, 0.1) is 0 Å². The fourth-order valence-corrected chi connectivity index (χ4v) is 2.03. The van der Waals surface area contributed by atoms with Crippen molar-refractivity contribution in [3.05, 3.63) is 41.5 Å². The number of rotatable bonds is 10. The molecule has 0 atom stereocenters. The van der Waals surface area contributed by atoms with Gasteiger partial charge in [0.05, 0.1) is 0 Å². The van der Waals surface area contributed by atoms with Gasteiger partial charge in [0.2, 0.25) is 0 Å². The van der Waals surface area contributed by atoms with Crippen LogP contribution >= 0.6 is 0 Å².